The number of rotatable bonds is 3. The van der Waals surface area contributed by atoms with Gasteiger partial charge in [-0.3, -0.25) is 4.79 Å². The third-order valence-electron chi connectivity index (χ3n) is 4.68. The first-order valence-electron chi connectivity index (χ1n) is 8.46. The molecule has 0 aliphatic carbocycles. The Labute approximate surface area is 146 Å². The summed E-state index contributed by atoms with van der Waals surface area (Å²) >= 11 is 0. The fraction of sp³-hybridized carbons (Fsp3) is 0.250. The summed E-state index contributed by atoms with van der Waals surface area (Å²) in [6.07, 6.45) is 0.853. The Hall–Kier alpha value is -2.95. The number of benzene rings is 2. The van der Waals surface area contributed by atoms with Gasteiger partial charge < -0.3 is 9.42 Å². The lowest BCUT2D eigenvalue weighted by molar-refractivity contribution is 0.0789. The second kappa shape index (κ2) is 6.51. The summed E-state index contributed by atoms with van der Waals surface area (Å²) in [5, 5.41) is 4.13. The van der Waals surface area contributed by atoms with Crippen LogP contribution in [-0.4, -0.2) is 34.0 Å². The van der Waals surface area contributed by atoms with Gasteiger partial charge >= 0.3 is 0 Å². The smallest absolute Gasteiger partial charge is 0.257 e. The fourth-order valence-electron chi connectivity index (χ4n) is 3.24. The highest BCUT2D eigenvalue weighted by Crippen LogP contribution is 2.28. The Morgan fingerprint density at radius 2 is 1.88 bits per heavy atom. The van der Waals surface area contributed by atoms with Crippen molar-refractivity contribution in [2.75, 3.05) is 13.1 Å². The lowest BCUT2D eigenvalue weighted by atomic mass is 10.1. The van der Waals surface area contributed by atoms with Gasteiger partial charge in [0.05, 0.1) is 0 Å². The van der Waals surface area contributed by atoms with E-state index >= 15 is 0 Å². The van der Waals surface area contributed by atoms with Gasteiger partial charge in [0.1, 0.15) is 0 Å². The molecule has 1 fully saturated rings. The number of carbonyl (C=O) groups excluding carboxylic acids is 1. The summed E-state index contributed by atoms with van der Waals surface area (Å²) in [4.78, 5) is 19.1. The molecule has 0 spiro atoms. The molecule has 0 N–H and O–H groups in total. The molecule has 5 heteroatoms. The molecule has 1 saturated heterocycles. The molecule has 25 heavy (non-hydrogen) atoms. The monoisotopic (exact) mass is 333 g/mol. The standard InChI is InChI=1S/C20H19N3O2/c1-14-7-5-6-10-17(14)20(24)23-12-11-16(13-23)18-21-19(25-22-18)15-8-3-2-4-9-15/h2-10,16H,11-13H2,1H3. The highest BCUT2D eigenvalue weighted by atomic mass is 16.5. The number of hydrogen-bond donors (Lipinski definition) is 0. The van der Waals surface area contributed by atoms with Crippen LogP contribution in [0.1, 0.15) is 34.1 Å². The van der Waals surface area contributed by atoms with E-state index in [0.29, 0.717) is 24.8 Å². The van der Waals surface area contributed by atoms with Crippen LogP contribution < -0.4 is 0 Å². The zero-order chi connectivity index (χ0) is 17.2. The van der Waals surface area contributed by atoms with E-state index in [-0.39, 0.29) is 11.8 Å². The van der Waals surface area contributed by atoms with E-state index in [1.807, 2.05) is 66.4 Å². The van der Waals surface area contributed by atoms with Crippen molar-refractivity contribution in [1.82, 2.24) is 15.0 Å². The van der Waals surface area contributed by atoms with Gasteiger partial charge in [-0.2, -0.15) is 4.98 Å². The summed E-state index contributed by atoms with van der Waals surface area (Å²) in [5.41, 5.74) is 2.68. The number of nitrogens with zero attached hydrogens (tertiary/aromatic N) is 3. The van der Waals surface area contributed by atoms with Gasteiger partial charge in [0, 0.05) is 30.1 Å². The number of carbonyl (C=O) groups is 1. The third kappa shape index (κ3) is 3.05. The SMILES string of the molecule is Cc1ccccc1C(=O)N1CCC(c2noc(-c3ccccc3)n2)C1. The molecule has 2 aromatic carbocycles. The van der Waals surface area contributed by atoms with Crippen molar-refractivity contribution in [3.05, 3.63) is 71.5 Å². The van der Waals surface area contributed by atoms with E-state index in [1.165, 1.54) is 0 Å². The molecule has 4 rings (SSSR count). The lowest BCUT2D eigenvalue weighted by Crippen LogP contribution is -2.29. The van der Waals surface area contributed by atoms with Crippen LogP contribution in [0.3, 0.4) is 0 Å². The second-order valence-corrected chi connectivity index (χ2v) is 6.38. The van der Waals surface area contributed by atoms with Crippen molar-refractivity contribution in [3.63, 3.8) is 0 Å². The van der Waals surface area contributed by atoms with Crippen LogP contribution in [0, 0.1) is 6.92 Å². The molecule has 1 atom stereocenters. The van der Waals surface area contributed by atoms with E-state index < -0.39 is 0 Å². The minimum Gasteiger partial charge on any atom is -0.338 e. The number of amides is 1. The Morgan fingerprint density at radius 3 is 2.68 bits per heavy atom. The minimum absolute atomic E-state index is 0.0763. The first-order valence-corrected chi connectivity index (χ1v) is 8.46. The van der Waals surface area contributed by atoms with E-state index in [0.717, 1.165) is 23.1 Å². The summed E-state index contributed by atoms with van der Waals surface area (Å²) in [5.74, 6) is 1.40. The predicted molar refractivity (Wildman–Crippen MR) is 94.2 cm³/mol. The van der Waals surface area contributed by atoms with Gasteiger partial charge in [0.2, 0.25) is 0 Å². The van der Waals surface area contributed by atoms with Gasteiger partial charge in [-0.1, -0.05) is 41.6 Å². The molecule has 3 aromatic rings. The maximum absolute atomic E-state index is 12.7. The van der Waals surface area contributed by atoms with Crippen molar-refractivity contribution in [2.24, 2.45) is 0 Å². The zero-order valence-electron chi connectivity index (χ0n) is 14.1. The Bertz CT molecular complexity index is 889. The third-order valence-corrected chi connectivity index (χ3v) is 4.68. The molecule has 1 aliphatic rings. The molecular weight excluding hydrogens is 314 g/mol. The Balaban J connectivity index is 1.49. The molecule has 1 amide bonds. The topological polar surface area (TPSA) is 59.2 Å². The van der Waals surface area contributed by atoms with Crippen LogP contribution >= 0.6 is 0 Å². The molecule has 126 valence electrons. The summed E-state index contributed by atoms with van der Waals surface area (Å²) in [7, 11) is 0. The highest BCUT2D eigenvalue weighted by molar-refractivity contribution is 5.95. The fourth-order valence-corrected chi connectivity index (χ4v) is 3.24. The molecule has 1 aromatic heterocycles. The van der Waals surface area contributed by atoms with Gasteiger partial charge in [-0.25, -0.2) is 0 Å². The van der Waals surface area contributed by atoms with E-state index in [9.17, 15) is 4.79 Å². The van der Waals surface area contributed by atoms with Crippen molar-refractivity contribution in [1.29, 1.82) is 0 Å². The maximum atomic E-state index is 12.7. The molecule has 5 nitrogen and oxygen atoms in total. The van der Waals surface area contributed by atoms with Crippen molar-refractivity contribution in [3.8, 4) is 11.5 Å². The van der Waals surface area contributed by atoms with Gasteiger partial charge in [0.15, 0.2) is 5.82 Å². The second-order valence-electron chi connectivity index (χ2n) is 6.38. The highest BCUT2D eigenvalue weighted by Gasteiger charge is 2.31. The average molecular weight is 333 g/mol. The van der Waals surface area contributed by atoms with Crippen molar-refractivity contribution in [2.45, 2.75) is 19.3 Å². The summed E-state index contributed by atoms with van der Waals surface area (Å²) < 4.78 is 5.40. The number of likely N-dealkylation sites (tertiary alicyclic amines) is 1. The summed E-state index contributed by atoms with van der Waals surface area (Å²) in [6.45, 7) is 3.31. The first kappa shape index (κ1) is 15.6. The van der Waals surface area contributed by atoms with Crippen LogP contribution in [0.5, 0.6) is 0 Å². The molecule has 1 unspecified atom stereocenters. The molecule has 2 heterocycles. The molecule has 0 bridgehead atoms. The van der Waals surface area contributed by atoms with Gasteiger partial charge in [-0.15, -0.1) is 0 Å². The molecular formula is C20H19N3O2. The van der Waals surface area contributed by atoms with Crippen LogP contribution in [-0.2, 0) is 0 Å². The first-order chi connectivity index (χ1) is 12.2. The van der Waals surface area contributed by atoms with Crippen molar-refractivity contribution < 1.29 is 9.32 Å². The van der Waals surface area contributed by atoms with Crippen molar-refractivity contribution >= 4 is 5.91 Å². The largest absolute Gasteiger partial charge is 0.338 e. The van der Waals surface area contributed by atoms with E-state index in [2.05, 4.69) is 10.1 Å². The predicted octanol–water partition coefficient (Wildman–Crippen LogP) is 3.67. The van der Waals surface area contributed by atoms with Crippen LogP contribution in [0.25, 0.3) is 11.5 Å². The quantitative estimate of drug-likeness (QED) is 0.734. The van der Waals surface area contributed by atoms with Crippen LogP contribution in [0.2, 0.25) is 0 Å². The molecule has 1 aliphatic heterocycles. The minimum atomic E-state index is 0.0763. The molecule has 0 saturated carbocycles. The summed E-state index contributed by atoms with van der Waals surface area (Å²) in [6, 6.07) is 17.4. The zero-order valence-corrected chi connectivity index (χ0v) is 14.1. The number of aryl methyl sites for hydroxylation is 1. The Kier molecular flexibility index (Phi) is 4.06. The number of aromatic nitrogens is 2. The van der Waals surface area contributed by atoms with Crippen LogP contribution in [0.15, 0.2) is 59.1 Å². The Morgan fingerprint density at radius 1 is 1.12 bits per heavy atom. The van der Waals surface area contributed by atoms with E-state index in [4.69, 9.17) is 4.52 Å². The number of hydrogen-bond acceptors (Lipinski definition) is 4. The van der Waals surface area contributed by atoms with Crippen LogP contribution in [0.4, 0.5) is 0 Å². The van der Waals surface area contributed by atoms with Gasteiger partial charge in [0.25, 0.3) is 11.8 Å². The van der Waals surface area contributed by atoms with Gasteiger partial charge in [-0.05, 0) is 37.1 Å². The normalized spacial score (nSPS) is 17.0. The average Bonchev–Trinajstić information content (AvgIpc) is 3.32. The van der Waals surface area contributed by atoms with E-state index in [1.54, 1.807) is 0 Å². The molecule has 0 radical (unpaired) electrons. The lowest BCUT2D eigenvalue weighted by Gasteiger charge is -2.17. The maximum Gasteiger partial charge on any atom is 0.257 e.